The van der Waals surface area contributed by atoms with Crippen molar-refractivity contribution in [3.05, 3.63) is 17.8 Å². The fraction of sp³-hybridized carbons (Fsp3) is 0.545. The zero-order chi connectivity index (χ0) is 10.7. The van der Waals surface area contributed by atoms with Gasteiger partial charge in [0.2, 0.25) is 0 Å². The number of rotatable bonds is 2. The van der Waals surface area contributed by atoms with Crippen LogP contribution >= 0.6 is 0 Å². The highest BCUT2D eigenvalue weighted by Crippen LogP contribution is 2.26. The Morgan fingerprint density at radius 2 is 2.20 bits per heavy atom. The number of nitrogens with zero attached hydrogens (tertiary/aromatic N) is 4. The zero-order valence-electron chi connectivity index (χ0n) is 8.85. The van der Waals surface area contributed by atoms with Crippen LogP contribution in [0.4, 0.5) is 5.82 Å². The standard InChI is InChI=1S/C11H14N4/c1-15(10-4-2-3-5-10)11-9(8-12)6-7-13-14-11/h6-7,10H,2-5H2,1H3. The van der Waals surface area contributed by atoms with Crippen LogP contribution in [0.3, 0.4) is 0 Å². The number of anilines is 1. The van der Waals surface area contributed by atoms with Gasteiger partial charge in [0.1, 0.15) is 6.07 Å². The third-order valence-corrected chi connectivity index (χ3v) is 3.03. The average molecular weight is 202 g/mol. The predicted molar refractivity (Wildman–Crippen MR) is 57.4 cm³/mol. The number of hydrogen-bond acceptors (Lipinski definition) is 4. The van der Waals surface area contributed by atoms with Crippen LogP contribution in [-0.4, -0.2) is 23.3 Å². The molecule has 0 aromatic carbocycles. The monoisotopic (exact) mass is 202 g/mol. The lowest BCUT2D eigenvalue weighted by molar-refractivity contribution is 0.641. The minimum absolute atomic E-state index is 0.522. The lowest BCUT2D eigenvalue weighted by atomic mass is 10.2. The van der Waals surface area contributed by atoms with Gasteiger partial charge in [-0.15, -0.1) is 5.10 Å². The Hall–Kier alpha value is -1.63. The predicted octanol–water partition coefficient (Wildman–Crippen LogP) is 1.73. The van der Waals surface area contributed by atoms with E-state index in [1.807, 2.05) is 7.05 Å². The molecule has 0 unspecified atom stereocenters. The third-order valence-electron chi connectivity index (χ3n) is 3.03. The van der Waals surface area contributed by atoms with Gasteiger partial charge in [-0.25, -0.2) is 0 Å². The van der Waals surface area contributed by atoms with Crippen LogP contribution in [0.15, 0.2) is 12.3 Å². The maximum atomic E-state index is 8.97. The molecular formula is C11H14N4. The Morgan fingerprint density at radius 1 is 1.47 bits per heavy atom. The summed E-state index contributed by atoms with van der Waals surface area (Å²) in [5.41, 5.74) is 0.611. The van der Waals surface area contributed by atoms with Gasteiger partial charge in [-0.05, 0) is 18.9 Å². The summed E-state index contributed by atoms with van der Waals surface area (Å²) in [4.78, 5) is 2.10. The minimum atomic E-state index is 0.522. The van der Waals surface area contributed by atoms with Gasteiger partial charge in [0.25, 0.3) is 0 Å². The molecule has 15 heavy (non-hydrogen) atoms. The van der Waals surface area contributed by atoms with Gasteiger partial charge in [-0.1, -0.05) is 12.8 Å². The molecule has 0 atom stereocenters. The second-order valence-electron chi connectivity index (χ2n) is 3.93. The van der Waals surface area contributed by atoms with E-state index in [1.54, 1.807) is 12.3 Å². The molecule has 4 heteroatoms. The van der Waals surface area contributed by atoms with Crippen LogP contribution in [0.25, 0.3) is 0 Å². The maximum absolute atomic E-state index is 8.97. The van der Waals surface area contributed by atoms with E-state index < -0.39 is 0 Å². The molecule has 0 bridgehead atoms. The molecule has 78 valence electrons. The molecule has 0 amide bonds. The molecular weight excluding hydrogens is 188 g/mol. The molecule has 1 aromatic heterocycles. The Labute approximate surface area is 89.5 Å². The first-order valence-electron chi connectivity index (χ1n) is 5.27. The second kappa shape index (κ2) is 4.26. The normalized spacial score (nSPS) is 16.3. The van der Waals surface area contributed by atoms with Crippen molar-refractivity contribution >= 4 is 5.82 Å². The molecule has 1 aromatic rings. The second-order valence-corrected chi connectivity index (χ2v) is 3.93. The highest BCUT2D eigenvalue weighted by atomic mass is 15.3. The van der Waals surface area contributed by atoms with Gasteiger partial charge < -0.3 is 4.90 Å². The third kappa shape index (κ3) is 1.91. The Balaban J connectivity index is 2.24. The van der Waals surface area contributed by atoms with Crippen LogP contribution in [0, 0.1) is 11.3 Å². The fourth-order valence-corrected chi connectivity index (χ4v) is 2.14. The van der Waals surface area contributed by atoms with E-state index in [-0.39, 0.29) is 0 Å². The summed E-state index contributed by atoms with van der Waals surface area (Å²) in [5, 5.41) is 16.9. The van der Waals surface area contributed by atoms with Crippen LogP contribution < -0.4 is 4.90 Å². The first kappa shape index (κ1) is 9.91. The SMILES string of the molecule is CN(c1nnccc1C#N)C1CCCC1. The van der Waals surface area contributed by atoms with E-state index in [4.69, 9.17) is 5.26 Å². The zero-order valence-corrected chi connectivity index (χ0v) is 8.85. The molecule has 4 nitrogen and oxygen atoms in total. The van der Waals surface area contributed by atoms with Crippen molar-refractivity contribution in [3.8, 4) is 6.07 Å². The van der Waals surface area contributed by atoms with Crippen LogP contribution in [-0.2, 0) is 0 Å². The molecule has 0 spiro atoms. The molecule has 0 radical (unpaired) electrons. The Kier molecular flexibility index (Phi) is 2.82. The largest absolute Gasteiger partial charge is 0.354 e. The number of aromatic nitrogens is 2. The van der Waals surface area contributed by atoms with Crippen LogP contribution in [0.1, 0.15) is 31.2 Å². The molecule has 1 heterocycles. The molecule has 1 fully saturated rings. The van der Waals surface area contributed by atoms with E-state index >= 15 is 0 Å². The highest BCUT2D eigenvalue weighted by Gasteiger charge is 2.22. The molecule has 1 saturated carbocycles. The van der Waals surface area contributed by atoms with Gasteiger partial charge in [-0.2, -0.15) is 10.4 Å². The molecule has 1 aliphatic carbocycles. The lowest BCUT2D eigenvalue weighted by Crippen LogP contribution is -2.30. The lowest BCUT2D eigenvalue weighted by Gasteiger charge is -2.25. The Morgan fingerprint density at radius 3 is 2.87 bits per heavy atom. The van der Waals surface area contributed by atoms with Crippen molar-refractivity contribution in [1.29, 1.82) is 5.26 Å². The molecule has 2 rings (SSSR count). The van der Waals surface area contributed by atoms with Crippen molar-refractivity contribution in [2.45, 2.75) is 31.7 Å². The van der Waals surface area contributed by atoms with Gasteiger partial charge >= 0.3 is 0 Å². The van der Waals surface area contributed by atoms with Gasteiger partial charge in [0.15, 0.2) is 5.82 Å². The van der Waals surface area contributed by atoms with Crippen LogP contribution in [0.5, 0.6) is 0 Å². The summed E-state index contributed by atoms with van der Waals surface area (Å²) in [6.45, 7) is 0. The number of hydrogen-bond donors (Lipinski definition) is 0. The topological polar surface area (TPSA) is 52.8 Å². The van der Waals surface area contributed by atoms with Crippen molar-refractivity contribution in [2.75, 3.05) is 11.9 Å². The smallest absolute Gasteiger partial charge is 0.169 e. The van der Waals surface area contributed by atoms with Crippen molar-refractivity contribution in [1.82, 2.24) is 10.2 Å². The van der Waals surface area contributed by atoms with Gasteiger partial charge in [0, 0.05) is 13.1 Å². The Bertz CT molecular complexity index is 376. The van der Waals surface area contributed by atoms with Gasteiger partial charge in [0.05, 0.1) is 11.8 Å². The van der Waals surface area contributed by atoms with E-state index in [2.05, 4.69) is 21.2 Å². The average Bonchev–Trinajstić information content (AvgIpc) is 2.81. The van der Waals surface area contributed by atoms with E-state index in [1.165, 1.54) is 25.7 Å². The molecule has 0 aliphatic heterocycles. The van der Waals surface area contributed by atoms with Crippen molar-refractivity contribution in [3.63, 3.8) is 0 Å². The van der Waals surface area contributed by atoms with Gasteiger partial charge in [-0.3, -0.25) is 0 Å². The molecule has 0 saturated heterocycles. The molecule has 0 N–H and O–H groups in total. The first-order valence-corrected chi connectivity index (χ1v) is 5.27. The van der Waals surface area contributed by atoms with E-state index in [0.717, 1.165) is 0 Å². The summed E-state index contributed by atoms with van der Waals surface area (Å²) >= 11 is 0. The molecule has 1 aliphatic rings. The van der Waals surface area contributed by atoms with E-state index in [0.29, 0.717) is 17.4 Å². The number of nitriles is 1. The minimum Gasteiger partial charge on any atom is -0.354 e. The summed E-state index contributed by atoms with van der Waals surface area (Å²) in [6, 6.07) is 4.39. The summed E-state index contributed by atoms with van der Waals surface area (Å²) in [7, 11) is 2.00. The van der Waals surface area contributed by atoms with Crippen LogP contribution in [0.2, 0.25) is 0 Å². The van der Waals surface area contributed by atoms with Crippen molar-refractivity contribution in [2.24, 2.45) is 0 Å². The quantitative estimate of drug-likeness (QED) is 0.732. The highest BCUT2D eigenvalue weighted by molar-refractivity contribution is 5.52. The summed E-state index contributed by atoms with van der Waals surface area (Å²) in [5.74, 6) is 0.715. The first-order chi connectivity index (χ1) is 7.33. The summed E-state index contributed by atoms with van der Waals surface area (Å²) < 4.78 is 0. The van der Waals surface area contributed by atoms with Crippen molar-refractivity contribution < 1.29 is 0 Å². The summed E-state index contributed by atoms with van der Waals surface area (Å²) in [6.07, 6.45) is 6.49. The van der Waals surface area contributed by atoms with E-state index in [9.17, 15) is 0 Å². The fourth-order valence-electron chi connectivity index (χ4n) is 2.14. The maximum Gasteiger partial charge on any atom is 0.169 e.